The Morgan fingerprint density at radius 3 is 2.50 bits per heavy atom. The van der Waals surface area contributed by atoms with Crippen LogP contribution in [-0.2, 0) is 22.6 Å². The number of carbonyl (C=O) groups is 1. The van der Waals surface area contributed by atoms with Crippen LogP contribution in [-0.4, -0.2) is 6.45 Å². The first kappa shape index (κ1) is 7.35. The van der Waals surface area contributed by atoms with Gasteiger partial charge in [-0.2, -0.15) is 0 Å². The van der Waals surface area contributed by atoms with Gasteiger partial charge < -0.3 is 4.74 Å². The number of ether oxygens (including phenoxy) is 1. The van der Waals surface area contributed by atoms with Crippen LogP contribution in [0.2, 0.25) is 0 Å². The monoisotopic (exact) mass is 166 g/mol. The molecular weight excluding hydrogens is 152 g/mol. The molecule has 12 heavy (non-hydrogen) atoms. The molecule has 1 rings (SSSR count). The topological polar surface area (TPSA) is 26.3 Å². The second-order valence-electron chi connectivity index (χ2n) is 2.54. The lowest BCUT2D eigenvalue weighted by molar-refractivity contribution is -0.129. The van der Waals surface area contributed by atoms with E-state index in [-0.39, 0.29) is 6.61 Å². The normalized spacial score (nSPS) is 10.6. The molecule has 2 heteroatoms. The van der Waals surface area contributed by atoms with Gasteiger partial charge >= 0.3 is 0 Å². The molecule has 0 saturated heterocycles. The molecule has 1 aromatic rings. The Hall–Kier alpha value is -1.31. The van der Waals surface area contributed by atoms with Gasteiger partial charge in [0.25, 0.3) is 6.45 Å². The van der Waals surface area contributed by atoms with Crippen LogP contribution in [0.3, 0.4) is 0 Å². The predicted octanol–water partition coefficient (Wildman–Crippen LogP) is 1.92. The zero-order valence-electron chi connectivity index (χ0n) is 8.04. The molecule has 0 aromatic heterocycles. The molecule has 0 bridgehead atoms. The van der Waals surface area contributed by atoms with Crippen molar-refractivity contribution in [3.8, 4) is 0 Å². The number of benzene rings is 1. The summed E-state index contributed by atoms with van der Waals surface area (Å²) in [6.45, 7) is 2.27. The van der Waals surface area contributed by atoms with Crippen molar-refractivity contribution in [2.24, 2.45) is 0 Å². The fourth-order valence-electron chi connectivity index (χ4n) is 0.984. The van der Waals surface area contributed by atoms with Crippen LogP contribution in [0.5, 0.6) is 0 Å². The van der Waals surface area contributed by atoms with E-state index in [1.165, 1.54) is 5.56 Å². The maximum Gasteiger partial charge on any atom is 0.293 e. The fraction of sp³-hybridized carbons (Fsp3) is 0.300. The highest BCUT2D eigenvalue weighted by Gasteiger charge is 1.92. The van der Waals surface area contributed by atoms with E-state index in [0.717, 1.165) is 12.0 Å². The van der Waals surface area contributed by atoms with Gasteiger partial charge in [0, 0.05) is 0 Å². The van der Waals surface area contributed by atoms with Gasteiger partial charge in [0.1, 0.15) is 6.61 Å². The summed E-state index contributed by atoms with van der Waals surface area (Å²) in [6, 6.07) is 7.80. The minimum absolute atomic E-state index is 0.187. The maximum atomic E-state index is 10.2. The lowest BCUT2D eigenvalue weighted by Crippen LogP contribution is -1.90. The summed E-state index contributed by atoms with van der Waals surface area (Å²) in [7, 11) is 0. The third kappa shape index (κ3) is 2.38. The van der Waals surface area contributed by atoms with Gasteiger partial charge in [0.15, 0.2) is 1.37 Å². The van der Waals surface area contributed by atoms with Gasteiger partial charge in [0.05, 0.1) is 0 Å². The molecule has 0 saturated carbocycles. The summed E-state index contributed by atoms with van der Waals surface area (Å²) in [5.74, 6) is 0. The SMILES string of the molecule is [3H]C(=O)OCc1ccc(CC)cc1. The van der Waals surface area contributed by atoms with Crippen LogP contribution in [0.25, 0.3) is 0 Å². The first-order chi connectivity index (χ1) is 6.22. The highest BCUT2D eigenvalue weighted by atomic mass is 16.5. The van der Waals surface area contributed by atoms with Crippen LogP contribution >= 0.6 is 0 Å². The predicted molar refractivity (Wildman–Crippen MR) is 46.7 cm³/mol. The molecule has 0 aliphatic carbocycles. The molecule has 2 nitrogen and oxygen atoms in total. The van der Waals surface area contributed by atoms with Gasteiger partial charge in [0.2, 0.25) is 0 Å². The Labute approximate surface area is 73.6 Å². The summed E-state index contributed by atoms with van der Waals surface area (Å²) in [4.78, 5) is 10.2. The number of carbonyl (C=O) groups excluding carboxylic acids is 1. The van der Waals surface area contributed by atoms with Crippen molar-refractivity contribution in [3.63, 3.8) is 0 Å². The van der Waals surface area contributed by atoms with E-state index < -0.39 is 6.45 Å². The Morgan fingerprint density at radius 1 is 1.42 bits per heavy atom. The lowest BCUT2D eigenvalue weighted by Gasteiger charge is -2.00. The summed E-state index contributed by atoms with van der Waals surface area (Å²) in [5.41, 5.74) is 2.17. The van der Waals surface area contributed by atoms with Crippen molar-refractivity contribution in [3.05, 3.63) is 35.4 Å². The summed E-state index contributed by atoms with van der Waals surface area (Å²) < 4.78 is 11.1. The van der Waals surface area contributed by atoms with Crippen LogP contribution in [0.1, 0.15) is 19.4 Å². The van der Waals surface area contributed by atoms with Crippen molar-refractivity contribution in [1.29, 1.82) is 0 Å². The second kappa shape index (κ2) is 4.54. The molecule has 0 radical (unpaired) electrons. The fourth-order valence-corrected chi connectivity index (χ4v) is 0.984. The molecular formula is C10H12O2. The number of rotatable bonds is 3. The first-order valence-electron chi connectivity index (χ1n) is 4.43. The molecule has 0 aliphatic rings. The van der Waals surface area contributed by atoms with Gasteiger partial charge in [-0.25, -0.2) is 0 Å². The number of aryl methyl sites for hydroxylation is 1. The average Bonchev–Trinajstić information content (AvgIpc) is 2.15. The van der Waals surface area contributed by atoms with Crippen molar-refractivity contribution in [1.82, 2.24) is 0 Å². The largest absolute Gasteiger partial charge is 0.463 e. The molecule has 0 aliphatic heterocycles. The molecule has 0 unspecified atom stereocenters. The maximum absolute atomic E-state index is 10.2. The van der Waals surface area contributed by atoms with Crippen molar-refractivity contribution in [2.45, 2.75) is 20.0 Å². The van der Waals surface area contributed by atoms with E-state index >= 15 is 0 Å². The van der Waals surface area contributed by atoms with Gasteiger partial charge in [-0.3, -0.25) is 4.79 Å². The second-order valence-corrected chi connectivity index (χ2v) is 2.54. The van der Waals surface area contributed by atoms with E-state index in [9.17, 15) is 4.79 Å². The van der Waals surface area contributed by atoms with E-state index in [0.29, 0.717) is 0 Å². The molecule has 64 valence electrons. The summed E-state index contributed by atoms with van der Waals surface area (Å²) in [6.07, 6.45) is 0.0120. The molecule has 0 spiro atoms. The molecule has 0 amide bonds. The molecule has 0 heterocycles. The molecule has 1 aromatic carbocycles. The number of hydrogen-bond donors (Lipinski definition) is 0. The third-order valence-corrected chi connectivity index (χ3v) is 1.73. The molecule has 0 atom stereocenters. The molecule has 0 fully saturated rings. The lowest BCUT2D eigenvalue weighted by atomic mass is 10.1. The average molecular weight is 166 g/mol. The summed E-state index contributed by atoms with van der Waals surface area (Å²) >= 11 is 0. The van der Waals surface area contributed by atoms with Gasteiger partial charge in [-0.05, 0) is 17.5 Å². The van der Waals surface area contributed by atoms with Crippen molar-refractivity contribution >= 4 is 6.45 Å². The quantitative estimate of drug-likeness (QED) is 0.641. The smallest absolute Gasteiger partial charge is 0.293 e. The highest BCUT2D eigenvalue weighted by molar-refractivity contribution is 5.37. The van der Waals surface area contributed by atoms with Gasteiger partial charge in [-0.15, -0.1) is 0 Å². The Bertz CT molecular complexity index is 279. The van der Waals surface area contributed by atoms with Crippen LogP contribution in [0.4, 0.5) is 0 Å². The zero-order chi connectivity index (χ0) is 9.68. The molecule has 0 N–H and O–H groups in total. The summed E-state index contributed by atoms with van der Waals surface area (Å²) in [5, 5.41) is 0. The van der Waals surface area contributed by atoms with E-state index in [1.54, 1.807) is 0 Å². The van der Waals surface area contributed by atoms with Crippen LogP contribution in [0, 0.1) is 0 Å². The first-order valence-corrected chi connectivity index (χ1v) is 3.93. The zero-order valence-corrected chi connectivity index (χ0v) is 7.04. The van der Waals surface area contributed by atoms with E-state index in [2.05, 4.69) is 11.7 Å². The Morgan fingerprint density at radius 2 is 2.00 bits per heavy atom. The van der Waals surface area contributed by atoms with Gasteiger partial charge in [-0.1, -0.05) is 31.2 Å². The van der Waals surface area contributed by atoms with E-state index in [1.807, 2.05) is 24.3 Å². The van der Waals surface area contributed by atoms with Crippen LogP contribution < -0.4 is 0 Å². The van der Waals surface area contributed by atoms with E-state index in [4.69, 9.17) is 1.37 Å². The Balaban J connectivity index is 2.54. The third-order valence-electron chi connectivity index (χ3n) is 1.73. The Kier molecular flexibility index (Phi) is 2.78. The standard InChI is InChI=1S/C10H12O2/c1-2-9-3-5-10(6-4-9)7-12-8-11/h3-6,8H,2,7H2,1H3/i8T. The minimum Gasteiger partial charge on any atom is -0.463 e. The van der Waals surface area contributed by atoms with Crippen molar-refractivity contribution in [2.75, 3.05) is 0 Å². The number of hydrogen-bond acceptors (Lipinski definition) is 2. The van der Waals surface area contributed by atoms with Crippen molar-refractivity contribution < 1.29 is 10.9 Å². The van der Waals surface area contributed by atoms with Crippen LogP contribution in [0.15, 0.2) is 24.3 Å². The minimum atomic E-state index is -0.987. The highest BCUT2D eigenvalue weighted by Crippen LogP contribution is 2.05.